The smallest absolute Gasteiger partial charge is 0.326 e. The average Bonchev–Trinajstić information content (AvgIpc) is 2.87. The van der Waals surface area contributed by atoms with Crippen molar-refractivity contribution >= 4 is 35.2 Å². The van der Waals surface area contributed by atoms with Gasteiger partial charge in [0.15, 0.2) is 0 Å². The SMILES string of the molecule is Cc1cc(CC(=O)N[C@@H](CC(=O)O)C(=O)O)n(C)c1C(=O)c1ccc(Cl)cc1. The lowest BCUT2D eigenvalue weighted by atomic mass is 10.1. The lowest BCUT2D eigenvalue weighted by Crippen LogP contribution is -2.43. The van der Waals surface area contributed by atoms with Crippen LogP contribution in [0.5, 0.6) is 0 Å². The van der Waals surface area contributed by atoms with E-state index >= 15 is 0 Å². The van der Waals surface area contributed by atoms with Crippen LogP contribution in [0.15, 0.2) is 30.3 Å². The van der Waals surface area contributed by atoms with Crippen LogP contribution in [0.2, 0.25) is 5.02 Å². The van der Waals surface area contributed by atoms with E-state index in [4.69, 9.17) is 21.8 Å². The third kappa shape index (κ3) is 4.98. The molecule has 0 fully saturated rings. The van der Waals surface area contributed by atoms with Crippen molar-refractivity contribution in [1.82, 2.24) is 9.88 Å². The number of benzene rings is 1. The van der Waals surface area contributed by atoms with Crippen molar-refractivity contribution in [2.75, 3.05) is 0 Å². The van der Waals surface area contributed by atoms with E-state index in [0.717, 1.165) is 0 Å². The molecule has 0 bridgehead atoms. The molecule has 148 valence electrons. The number of aromatic nitrogens is 1. The van der Waals surface area contributed by atoms with Gasteiger partial charge in [-0.15, -0.1) is 0 Å². The number of carboxylic acid groups (broad SMARTS) is 2. The normalized spacial score (nSPS) is 11.7. The van der Waals surface area contributed by atoms with E-state index in [1.54, 1.807) is 48.9 Å². The standard InChI is InChI=1S/C19H19ClN2O6/c1-10-7-13(8-15(23)21-14(19(27)28)9-16(24)25)22(2)17(10)18(26)11-3-5-12(20)6-4-11/h3-7,14H,8-9H2,1-2H3,(H,21,23)(H,24,25)(H,27,28)/t14-/m0/s1. The number of hydrogen-bond acceptors (Lipinski definition) is 4. The lowest BCUT2D eigenvalue weighted by Gasteiger charge is -2.13. The van der Waals surface area contributed by atoms with Crippen molar-refractivity contribution < 1.29 is 29.4 Å². The van der Waals surface area contributed by atoms with Gasteiger partial charge in [-0.3, -0.25) is 14.4 Å². The van der Waals surface area contributed by atoms with Crippen molar-refractivity contribution in [3.63, 3.8) is 0 Å². The Morgan fingerprint density at radius 3 is 2.29 bits per heavy atom. The summed E-state index contributed by atoms with van der Waals surface area (Å²) >= 11 is 5.84. The van der Waals surface area contributed by atoms with E-state index in [-0.39, 0.29) is 12.2 Å². The monoisotopic (exact) mass is 406 g/mol. The first-order valence-corrected chi connectivity index (χ1v) is 8.67. The Hall–Kier alpha value is -3.13. The van der Waals surface area contributed by atoms with Gasteiger partial charge < -0.3 is 20.1 Å². The van der Waals surface area contributed by atoms with Gasteiger partial charge in [-0.05, 0) is 42.8 Å². The number of carbonyl (C=O) groups is 4. The zero-order chi connectivity index (χ0) is 21.0. The van der Waals surface area contributed by atoms with Crippen LogP contribution in [-0.2, 0) is 27.9 Å². The number of amides is 1. The summed E-state index contributed by atoms with van der Waals surface area (Å²) < 4.78 is 1.57. The molecule has 1 atom stereocenters. The Labute approximate surface area is 165 Å². The molecule has 0 aliphatic heterocycles. The summed E-state index contributed by atoms with van der Waals surface area (Å²) in [5, 5.41) is 20.5. The largest absolute Gasteiger partial charge is 0.481 e. The summed E-state index contributed by atoms with van der Waals surface area (Å²) in [6, 6.07) is 6.56. The fourth-order valence-corrected chi connectivity index (χ4v) is 2.97. The van der Waals surface area contributed by atoms with Gasteiger partial charge in [0, 0.05) is 23.3 Å². The molecular formula is C19H19ClN2O6. The molecule has 2 rings (SSSR count). The highest BCUT2D eigenvalue weighted by atomic mass is 35.5. The summed E-state index contributed by atoms with van der Waals surface area (Å²) in [5.41, 5.74) is 1.99. The van der Waals surface area contributed by atoms with Crippen molar-refractivity contribution in [2.24, 2.45) is 7.05 Å². The van der Waals surface area contributed by atoms with Crippen molar-refractivity contribution in [2.45, 2.75) is 25.8 Å². The molecule has 2 aromatic rings. The summed E-state index contributed by atoms with van der Waals surface area (Å²) in [5.74, 6) is -3.66. The molecule has 0 aliphatic rings. The molecule has 0 unspecified atom stereocenters. The Kier molecular flexibility index (Phi) is 6.58. The van der Waals surface area contributed by atoms with Crippen LogP contribution in [0.4, 0.5) is 0 Å². The number of aliphatic carboxylic acids is 2. The van der Waals surface area contributed by atoms with Crippen molar-refractivity contribution in [1.29, 1.82) is 0 Å². The second-order valence-corrected chi connectivity index (χ2v) is 6.73. The number of rotatable bonds is 8. The Balaban J connectivity index is 2.19. The minimum atomic E-state index is -1.53. The zero-order valence-corrected chi connectivity index (χ0v) is 16.0. The summed E-state index contributed by atoms with van der Waals surface area (Å²) in [7, 11) is 1.63. The Morgan fingerprint density at radius 2 is 1.75 bits per heavy atom. The first-order chi connectivity index (χ1) is 13.1. The summed E-state index contributed by atoms with van der Waals surface area (Å²) in [6.07, 6.45) is -0.928. The van der Waals surface area contributed by atoms with Gasteiger partial charge >= 0.3 is 11.9 Å². The quantitative estimate of drug-likeness (QED) is 0.574. The average molecular weight is 407 g/mol. The van der Waals surface area contributed by atoms with Crippen molar-refractivity contribution in [3.8, 4) is 0 Å². The maximum Gasteiger partial charge on any atom is 0.326 e. The summed E-state index contributed by atoms with van der Waals surface area (Å²) in [6.45, 7) is 1.73. The topological polar surface area (TPSA) is 126 Å². The predicted molar refractivity (Wildman–Crippen MR) is 101 cm³/mol. The number of carbonyl (C=O) groups excluding carboxylic acids is 2. The van der Waals surface area contributed by atoms with Gasteiger partial charge in [-0.1, -0.05) is 11.6 Å². The molecule has 1 amide bonds. The molecule has 28 heavy (non-hydrogen) atoms. The van der Waals surface area contributed by atoms with E-state index in [2.05, 4.69) is 5.32 Å². The van der Waals surface area contributed by atoms with Crippen molar-refractivity contribution in [3.05, 3.63) is 57.9 Å². The summed E-state index contributed by atoms with van der Waals surface area (Å²) in [4.78, 5) is 46.8. The van der Waals surface area contributed by atoms with Gasteiger partial charge in [0.05, 0.1) is 18.5 Å². The van der Waals surface area contributed by atoms with Crippen LogP contribution in [0, 0.1) is 6.92 Å². The second kappa shape index (κ2) is 8.71. The van der Waals surface area contributed by atoms with Crippen LogP contribution in [-0.4, -0.2) is 44.5 Å². The van der Waals surface area contributed by atoms with Gasteiger partial charge in [0.25, 0.3) is 0 Å². The van der Waals surface area contributed by atoms with E-state index in [1.165, 1.54) is 0 Å². The van der Waals surface area contributed by atoms with E-state index in [9.17, 15) is 19.2 Å². The molecule has 8 nitrogen and oxygen atoms in total. The number of halogens is 1. The van der Waals surface area contributed by atoms with Crippen LogP contribution < -0.4 is 5.32 Å². The second-order valence-electron chi connectivity index (χ2n) is 6.30. The number of hydrogen-bond donors (Lipinski definition) is 3. The number of nitrogens with one attached hydrogen (secondary N) is 1. The molecule has 0 saturated heterocycles. The Bertz CT molecular complexity index is 933. The molecular weight excluding hydrogens is 388 g/mol. The minimum absolute atomic E-state index is 0.200. The first kappa shape index (κ1) is 21.2. The molecule has 0 saturated carbocycles. The van der Waals surface area contributed by atoms with Crippen LogP contribution >= 0.6 is 11.6 Å². The fraction of sp³-hybridized carbons (Fsp3) is 0.263. The number of ketones is 1. The third-order valence-corrected chi connectivity index (χ3v) is 4.45. The van der Waals surface area contributed by atoms with Gasteiger partial charge in [-0.25, -0.2) is 4.79 Å². The Morgan fingerprint density at radius 1 is 1.14 bits per heavy atom. The zero-order valence-electron chi connectivity index (χ0n) is 15.2. The van der Waals surface area contributed by atoms with E-state index in [0.29, 0.717) is 27.5 Å². The molecule has 1 heterocycles. The highest BCUT2D eigenvalue weighted by molar-refractivity contribution is 6.30. The predicted octanol–water partition coefficient (Wildman–Crippen LogP) is 1.80. The first-order valence-electron chi connectivity index (χ1n) is 8.29. The third-order valence-electron chi connectivity index (χ3n) is 4.20. The van der Waals surface area contributed by atoms with Gasteiger partial charge in [0.1, 0.15) is 6.04 Å². The lowest BCUT2D eigenvalue weighted by molar-refractivity contribution is -0.147. The highest BCUT2D eigenvalue weighted by Gasteiger charge is 2.24. The molecule has 9 heteroatoms. The molecule has 1 aromatic carbocycles. The van der Waals surface area contributed by atoms with Crippen LogP contribution in [0.3, 0.4) is 0 Å². The number of carboxylic acids is 2. The molecule has 0 spiro atoms. The van der Waals surface area contributed by atoms with Crippen LogP contribution in [0.25, 0.3) is 0 Å². The van der Waals surface area contributed by atoms with E-state index in [1.807, 2.05) is 0 Å². The molecule has 0 radical (unpaired) electrons. The van der Waals surface area contributed by atoms with E-state index < -0.39 is 30.3 Å². The fourth-order valence-electron chi connectivity index (χ4n) is 2.85. The highest BCUT2D eigenvalue weighted by Crippen LogP contribution is 2.20. The maximum absolute atomic E-state index is 12.8. The molecule has 3 N–H and O–H groups in total. The molecule has 1 aromatic heterocycles. The number of nitrogens with zero attached hydrogens (tertiary/aromatic N) is 1. The number of aryl methyl sites for hydroxylation is 1. The van der Waals surface area contributed by atoms with Gasteiger partial charge in [-0.2, -0.15) is 0 Å². The molecule has 0 aliphatic carbocycles. The van der Waals surface area contributed by atoms with Gasteiger partial charge in [0.2, 0.25) is 11.7 Å². The minimum Gasteiger partial charge on any atom is -0.481 e. The van der Waals surface area contributed by atoms with Crippen LogP contribution in [0.1, 0.15) is 33.7 Å². The maximum atomic E-state index is 12.8.